The first-order valence-corrected chi connectivity index (χ1v) is 7.09. The van der Waals surface area contributed by atoms with Crippen molar-refractivity contribution in [2.24, 2.45) is 0 Å². The molecule has 0 bridgehead atoms. The highest BCUT2D eigenvalue weighted by atomic mass is 79.9. The maximum Gasteiger partial charge on any atom is 0.441 e. The smallest absolute Gasteiger partial charge is 0.441 e. The van der Waals surface area contributed by atoms with Gasteiger partial charge in [-0.05, 0) is 23.9 Å². The molecule has 0 heterocycles. The maximum absolute atomic E-state index is 11.9. The molecule has 0 radical (unpaired) electrons. The molecular formula is C10H9BrClF3OS. The molecule has 0 aliphatic heterocycles. The molecule has 7 heteroatoms. The molecular weight excluding hydrogens is 341 g/mol. The van der Waals surface area contributed by atoms with Gasteiger partial charge in [-0.1, -0.05) is 33.6 Å². The van der Waals surface area contributed by atoms with Crippen LogP contribution >= 0.6 is 39.3 Å². The molecule has 0 unspecified atom stereocenters. The Bertz CT molecular complexity index is 373. The lowest BCUT2D eigenvalue weighted by atomic mass is 10.2. The maximum atomic E-state index is 11.9. The van der Waals surface area contributed by atoms with Crippen LogP contribution in [0.2, 0.25) is 5.02 Å². The van der Waals surface area contributed by atoms with Gasteiger partial charge in [-0.2, -0.15) is 13.2 Å². The monoisotopic (exact) mass is 348 g/mol. The van der Waals surface area contributed by atoms with Crippen LogP contribution < -0.4 is 4.74 Å². The molecule has 1 nitrogen and oxygen atoms in total. The predicted octanol–water partition coefficient (Wildman–Crippen LogP) is 4.87. The van der Waals surface area contributed by atoms with Crippen LogP contribution in [0.5, 0.6) is 5.75 Å². The fourth-order valence-electron chi connectivity index (χ4n) is 1.11. The van der Waals surface area contributed by atoms with Crippen molar-refractivity contribution in [3.63, 3.8) is 0 Å². The van der Waals surface area contributed by atoms with E-state index >= 15 is 0 Å². The highest BCUT2D eigenvalue weighted by molar-refractivity contribution is 9.08. The van der Waals surface area contributed by atoms with Gasteiger partial charge in [-0.15, -0.1) is 0 Å². The molecule has 0 aliphatic rings. The number of alkyl halides is 4. The molecule has 0 aliphatic carbocycles. The lowest BCUT2D eigenvalue weighted by molar-refractivity contribution is -0.0329. The molecule has 1 aromatic carbocycles. The van der Waals surface area contributed by atoms with E-state index in [1.165, 1.54) is 0 Å². The second kappa shape index (κ2) is 6.75. The first kappa shape index (κ1) is 15.0. The van der Waals surface area contributed by atoms with Crippen LogP contribution in [0.3, 0.4) is 0 Å². The summed E-state index contributed by atoms with van der Waals surface area (Å²) >= 11 is 9.07. The molecule has 96 valence electrons. The van der Waals surface area contributed by atoms with E-state index in [1.807, 2.05) is 0 Å². The lowest BCUT2D eigenvalue weighted by Crippen LogP contribution is -2.08. The Labute approximate surface area is 115 Å². The Morgan fingerprint density at radius 3 is 2.65 bits per heavy atom. The van der Waals surface area contributed by atoms with Crippen molar-refractivity contribution in [3.8, 4) is 5.75 Å². The van der Waals surface area contributed by atoms with Gasteiger partial charge in [0.25, 0.3) is 0 Å². The summed E-state index contributed by atoms with van der Waals surface area (Å²) in [6.45, 7) is -0.00941. The molecule has 1 rings (SSSR count). The zero-order chi connectivity index (χ0) is 12.9. The molecule has 0 fully saturated rings. The second-order valence-corrected chi connectivity index (χ2v) is 5.12. The number of thioether (sulfide) groups is 1. The summed E-state index contributed by atoms with van der Waals surface area (Å²) < 4.78 is 40.9. The molecule has 0 saturated heterocycles. The van der Waals surface area contributed by atoms with Crippen LogP contribution in [-0.2, 0) is 5.33 Å². The highest BCUT2D eigenvalue weighted by Crippen LogP contribution is 2.31. The zero-order valence-electron chi connectivity index (χ0n) is 8.56. The van der Waals surface area contributed by atoms with Gasteiger partial charge in [-0.3, -0.25) is 0 Å². The molecule has 0 aromatic heterocycles. The average molecular weight is 350 g/mol. The fourth-order valence-corrected chi connectivity index (χ4v) is 2.48. The van der Waals surface area contributed by atoms with E-state index < -0.39 is 5.51 Å². The summed E-state index contributed by atoms with van der Waals surface area (Å²) in [4.78, 5) is 0. The number of hydrogen-bond acceptors (Lipinski definition) is 2. The van der Waals surface area contributed by atoms with E-state index in [9.17, 15) is 13.2 Å². The Morgan fingerprint density at radius 1 is 1.35 bits per heavy atom. The summed E-state index contributed by atoms with van der Waals surface area (Å²) in [5.74, 6) is 0.370. The number of ether oxygens (including phenoxy) is 1. The Balaban J connectivity index is 2.49. The van der Waals surface area contributed by atoms with Crippen LogP contribution in [0.25, 0.3) is 0 Å². The molecule has 17 heavy (non-hydrogen) atoms. The Hall–Kier alpha value is -0.0700. The van der Waals surface area contributed by atoms with Crippen LogP contribution in [0, 0.1) is 0 Å². The van der Waals surface area contributed by atoms with Gasteiger partial charge in [-0.25, -0.2) is 0 Å². The lowest BCUT2D eigenvalue weighted by Gasteiger charge is -2.11. The van der Waals surface area contributed by atoms with Gasteiger partial charge in [0.1, 0.15) is 5.75 Å². The van der Waals surface area contributed by atoms with Gasteiger partial charge in [0.05, 0.1) is 6.61 Å². The third kappa shape index (κ3) is 5.40. The number of hydrogen-bond donors (Lipinski definition) is 0. The van der Waals surface area contributed by atoms with Crippen molar-refractivity contribution in [1.29, 1.82) is 0 Å². The van der Waals surface area contributed by atoms with Crippen molar-refractivity contribution in [3.05, 3.63) is 28.8 Å². The summed E-state index contributed by atoms with van der Waals surface area (Å²) in [6.07, 6.45) is 0. The quantitative estimate of drug-likeness (QED) is 0.554. The summed E-state index contributed by atoms with van der Waals surface area (Å²) in [7, 11) is 0. The van der Waals surface area contributed by atoms with Gasteiger partial charge in [0.2, 0.25) is 0 Å². The molecule has 0 amide bonds. The van der Waals surface area contributed by atoms with E-state index in [1.54, 1.807) is 18.2 Å². The van der Waals surface area contributed by atoms with Crippen molar-refractivity contribution in [1.82, 2.24) is 0 Å². The highest BCUT2D eigenvalue weighted by Gasteiger charge is 2.27. The topological polar surface area (TPSA) is 9.23 Å². The summed E-state index contributed by atoms with van der Waals surface area (Å²) in [5.41, 5.74) is -3.47. The van der Waals surface area contributed by atoms with Gasteiger partial charge in [0.15, 0.2) is 0 Å². The van der Waals surface area contributed by atoms with E-state index in [0.717, 1.165) is 5.56 Å². The third-order valence-corrected chi connectivity index (χ3v) is 3.43. The average Bonchev–Trinajstić information content (AvgIpc) is 2.23. The van der Waals surface area contributed by atoms with Crippen LogP contribution in [0.4, 0.5) is 13.2 Å². The molecule has 0 atom stereocenters. The van der Waals surface area contributed by atoms with Crippen molar-refractivity contribution in [2.45, 2.75) is 10.8 Å². The standard InChI is InChI=1S/C10H9BrClF3OS/c11-6-7-8(12)2-1-3-9(7)16-4-5-17-10(13,14)15/h1-3H,4-6H2. The minimum Gasteiger partial charge on any atom is -0.492 e. The minimum atomic E-state index is -4.21. The van der Waals surface area contributed by atoms with Crippen LogP contribution in [0.15, 0.2) is 18.2 Å². The van der Waals surface area contributed by atoms with E-state index in [0.29, 0.717) is 16.1 Å². The van der Waals surface area contributed by atoms with E-state index in [2.05, 4.69) is 15.9 Å². The van der Waals surface area contributed by atoms with Gasteiger partial charge < -0.3 is 4.74 Å². The van der Waals surface area contributed by atoms with Crippen LogP contribution in [0.1, 0.15) is 5.56 Å². The molecule has 0 N–H and O–H groups in total. The Kier molecular flexibility index (Phi) is 5.95. The van der Waals surface area contributed by atoms with Gasteiger partial charge >= 0.3 is 5.51 Å². The Morgan fingerprint density at radius 2 is 2.06 bits per heavy atom. The summed E-state index contributed by atoms with van der Waals surface area (Å²) in [5, 5.41) is 1.02. The van der Waals surface area contributed by atoms with E-state index in [-0.39, 0.29) is 24.1 Å². The number of benzene rings is 1. The predicted molar refractivity (Wildman–Crippen MR) is 68.1 cm³/mol. The van der Waals surface area contributed by atoms with Gasteiger partial charge in [0, 0.05) is 21.7 Å². The second-order valence-electron chi connectivity index (χ2n) is 2.99. The van der Waals surface area contributed by atoms with Crippen molar-refractivity contribution in [2.75, 3.05) is 12.4 Å². The largest absolute Gasteiger partial charge is 0.492 e. The first-order valence-electron chi connectivity index (χ1n) is 4.61. The minimum absolute atomic E-state index is 0.00941. The third-order valence-electron chi connectivity index (χ3n) is 1.82. The molecule has 0 saturated carbocycles. The molecule has 1 aromatic rings. The van der Waals surface area contributed by atoms with E-state index in [4.69, 9.17) is 16.3 Å². The molecule has 0 spiro atoms. The fraction of sp³-hybridized carbons (Fsp3) is 0.400. The normalized spacial score (nSPS) is 11.6. The van der Waals surface area contributed by atoms with Crippen molar-refractivity contribution >= 4 is 39.3 Å². The summed E-state index contributed by atoms with van der Waals surface area (Å²) in [6, 6.07) is 5.08. The zero-order valence-corrected chi connectivity index (χ0v) is 11.7. The van der Waals surface area contributed by atoms with Crippen LogP contribution in [-0.4, -0.2) is 17.9 Å². The first-order chi connectivity index (χ1) is 7.94. The van der Waals surface area contributed by atoms with Crippen molar-refractivity contribution < 1.29 is 17.9 Å². The number of halogens is 5. The number of rotatable bonds is 5. The SMILES string of the molecule is FC(F)(F)SCCOc1cccc(Cl)c1CBr.